The number of benzene rings is 1. The van der Waals surface area contributed by atoms with E-state index in [-0.39, 0.29) is 18.1 Å². The highest BCUT2D eigenvalue weighted by Gasteiger charge is 2.14. The Labute approximate surface area is 122 Å². The van der Waals surface area contributed by atoms with E-state index in [9.17, 15) is 14.9 Å². The normalized spacial score (nSPS) is 11.0. The number of aromatic nitrogens is 1. The second-order valence-corrected chi connectivity index (χ2v) is 5.44. The van der Waals surface area contributed by atoms with Gasteiger partial charge in [-0.3, -0.25) is 14.9 Å². The molecular formula is C15H19N3O3. The number of nitro groups is 1. The molecule has 0 aliphatic heterocycles. The van der Waals surface area contributed by atoms with Crippen LogP contribution >= 0.6 is 0 Å². The number of amides is 1. The van der Waals surface area contributed by atoms with Gasteiger partial charge < -0.3 is 9.88 Å². The molecule has 1 N–H and O–H groups in total. The molecule has 0 spiro atoms. The Balaban J connectivity index is 2.11. The van der Waals surface area contributed by atoms with Crippen LogP contribution < -0.4 is 5.32 Å². The second kappa shape index (κ2) is 6.39. The molecule has 1 aromatic carbocycles. The number of carbonyl (C=O) groups excluding carboxylic acids is 1. The molecule has 6 nitrogen and oxygen atoms in total. The van der Waals surface area contributed by atoms with Gasteiger partial charge in [0.2, 0.25) is 5.91 Å². The van der Waals surface area contributed by atoms with Crippen LogP contribution in [0.2, 0.25) is 0 Å². The van der Waals surface area contributed by atoms with Crippen molar-refractivity contribution in [3.05, 3.63) is 40.6 Å². The predicted molar refractivity (Wildman–Crippen MR) is 81.1 cm³/mol. The molecule has 0 aliphatic carbocycles. The molecule has 0 unspecified atom stereocenters. The summed E-state index contributed by atoms with van der Waals surface area (Å²) in [4.78, 5) is 22.4. The number of hydrogen-bond donors (Lipinski definition) is 1. The SMILES string of the molecule is CC(C)CCNC(=O)Cn1ccc2c([N+](=O)[O-])cccc21. The first kappa shape index (κ1) is 15.0. The second-order valence-electron chi connectivity index (χ2n) is 5.44. The Kier molecular flexibility index (Phi) is 4.57. The first-order chi connectivity index (χ1) is 9.99. The average molecular weight is 289 g/mol. The number of fused-ring (bicyclic) bond motifs is 1. The lowest BCUT2D eigenvalue weighted by atomic mass is 10.1. The molecule has 2 rings (SSSR count). The van der Waals surface area contributed by atoms with Gasteiger partial charge in [-0.05, 0) is 24.5 Å². The number of nitrogens with one attached hydrogen (secondary N) is 1. The number of nitrogens with zero attached hydrogens (tertiary/aromatic N) is 2. The van der Waals surface area contributed by atoms with Gasteiger partial charge in [0, 0.05) is 18.8 Å². The molecule has 112 valence electrons. The highest BCUT2D eigenvalue weighted by atomic mass is 16.6. The fraction of sp³-hybridized carbons (Fsp3) is 0.400. The van der Waals surface area contributed by atoms with E-state index in [4.69, 9.17) is 0 Å². The molecule has 6 heteroatoms. The highest BCUT2D eigenvalue weighted by molar-refractivity contribution is 5.90. The van der Waals surface area contributed by atoms with Crippen molar-refractivity contribution in [3.8, 4) is 0 Å². The van der Waals surface area contributed by atoms with Gasteiger partial charge in [-0.15, -0.1) is 0 Å². The zero-order chi connectivity index (χ0) is 15.4. The van der Waals surface area contributed by atoms with Crippen LogP contribution in [0.25, 0.3) is 10.9 Å². The number of rotatable bonds is 6. The standard InChI is InChI=1S/C15H19N3O3/c1-11(2)6-8-16-15(19)10-17-9-7-12-13(17)4-3-5-14(12)18(20)21/h3-5,7,9,11H,6,8,10H2,1-2H3,(H,16,19). The summed E-state index contributed by atoms with van der Waals surface area (Å²) in [5, 5.41) is 14.4. The van der Waals surface area contributed by atoms with E-state index in [1.165, 1.54) is 6.07 Å². The fourth-order valence-corrected chi connectivity index (χ4v) is 2.22. The molecule has 1 aromatic heterocycles. The smallest absolute Gasteiger partial charge is 0.278 e. The summed E-state index contributed by atoms with van der Waals surface area (Å²) in [6.45, 7) is 5.02. The van der Waals surface area contributed by atoms with Crippen molar-refractivity contribution >= 4 is 22.5 Å². The number of non-ortho nitro benzene ring substituents is 1. The van der Waals surface area contributed by atoms with E-state index < -0.39 is 4.92 Å². The predicted octanol–water partition coefficient (Wildman–Crippen LogP) is 2.71. The van der Waals surface area contributed by atoms with Crippen molar-refractivity contribution in [1.82, 2.24) is 9.88 Å². The quantitative estimate of drug-likeness (QED) is 0.656. The Morgan fingerprint density at radius 3 is 2.81 bits per heavy atom. The van der Waals surface area contributed by atoms with Gasteiger partial charge in [-0.1, -0.05) is 19.9 Å². The average Bonchev–Trinajstić information content (AvgIpc) is 2.81. The van der Waals surface area contributed by atoms with Gasteiger partial charge in [0.05, 0.1) is 15.8 Å². The van der Waals surface area contributed by atoms with Gasteiger partial charge in [0.1, 0.15) is 6.54 Å². The van der Waals surface area contributed by atoms with Crippen LogP contribution in [0.5, 0.6) is 0 Å². The van der Waals surface area contributed by atoms with Gasteiger partial charge >= 0.3 is 0 Å². The third-order valence-electron chi connectivity index (χ3n) is 3.35. The molecule has 0 fully saturated rings. The summed E-state index contributed by atoms with van der Waals surface area (Å²) >= 11 is 0. The monoisotopic (exact) mass is 289 g/mol. The molecule has 0 atom stereocenters. The van der Waals surface area contributed by atoms with Crippen molar-refractivity contribution in [2.45, 2.75) is 26.8 Å². The minimum absolute atomic E-state index is 0.0615. The third kappa shape index (κ3) is 3.59. The molecule has 1 heterocycles. The maximum Gasteiger partial charge on any atom is 0.278 e. The largest absolute Gasteiger partial charge is 0.355 e. The summed E-state index contributed by atoms with van der Waals surface area (Å²) < 4.78 is 1.73. The molecule has 21 heavy (non-hydrogen) atoms. The van der Waals surface area contributed by atoms with E-state index in [0.717, 1.165) is 6.42 Å². The molecule has 0 aliphatic rings. The lowest BCUT2D eigenvalue weighted by Gasteiger charge is -2.08. The first-order valence-electron chi connectivity index (χ1n) is 6.98. The van der Waals surface area contributed by atoms with E-state index in [1.54, 1.807) is 29.0 Å². The van der Waals surface area contributed by atoms with Crippen molar-refractivity contribution in [1.29, 1.82) is 0 Å². The van der Waals surface area contributed by atoms with Gasteiger partial charge in [-0.25, -0.2) is 0 Å². The summed E-state index contributed by atoms with van der Waals surface area (Å²) in [6.07, 6.45) is 2.64. The maximum atomic E-state index is 11.9. The van der Waals surface area contributed by atoms with Crippen LogP contribution in [0.4, 0.5) is 5.69 Å². The van der Waals surface area contributed by atoms with E-state index in [2.05, 4.69) is 19.2 Å². The van der Waals surface area contributed by atoms with Crippen molar-refractivity contribution in [3.63, 3.8) is 0 Å². The molecular weight excluding hydrogens is 270 g/mol. The topological polar surface area (TPSA) is 77.2 Å². The van der Waals surface area contributed by atoms with Crippen LogP contribution in [-0.4, -0.2) is 21.9 Å². The lowest BCUT2D eigenvalue weighted by molar-refractivity contribution is -0.383. The van der Waals surface area contributed by atoms with Crippen LogP contribution in [0.1, 0.15) is 20.3 Å². The minimum atomic E-state index is -0.407. The van der Waals surface area contributed by atoms with Crippen molar-refractivity contribution in [2.24, 2.45) is 5.92 Å². The molecule has 1 amide bonds. The van der Waals surface area contributed by atoms with E-state index in [1.807, 2.05) is 0 Å². The molecule has 0 bridgehead atoms. The fourth-order valence-electron chi connectivity index (χ4n) is 2.22. The lowest BCUT2D eigenvalue weighted by Crippen LogP contribution is -2.28. The zero-order valence-corrected chi connectivity index (χ0v) is 12.2. The van der Waals surface area contributed by atoms with Crippen molar-refractivity contribution in [2.75, 3.05) is 6.54 Å². The van der Waals surface area contributed by atoms with Gasteiger partial charge in [0.15, 0.2) is 0 Å². The van der Waals surface area contributed by atoms with Crippen LogP contribution in [-0.2, 0) is 11.3 Å². The summed E-state index contributed by atoms with van der Waals surface area (Å²) in [6, 6.07) is 6.56. The molecule has 0 radical (unpaired) electrons. The zero-order valence-electron chi connectivity index (χ0n) is 12.2. The van der Waals surface area contributed by atoms with Crippen LogP contribution in [0.3, 0.4) is 0 Å². The molecule has 0 saturated heterocycles. The van der Waals surface area contributed by atoms with E-state index >= 15 is 0 Å². The Morgan fingerprint density at radius 1 is 1.38 bits per heavy atom. The van der Waals surface area contributed by atoms with Gasteiger partial charge in [0.25, 0.3) is 5.69 Å². The number of nitro benzene ring substituents is 1. The third-order valence-corrected chi connectivity index (χ3v) is 3.35. The van der Waals surface area contributed by atoms with Crippen LogP contribution in [0, 0.1) is 16.0 Å². The minimum Gasteiger partial charge on any atom is -0.355 e. The number of hydrogen-bond acceptors (Lipinski definition) is 3. The molecule has 0 saturated carbocycles. The Bertz CT molecular complexity index is 661. The molecule has 2 aromatic rings. The van der Waals surface area contributed by atoms with Gasteiger partial charge in [-0.2, -0.15) is 0 Å². The highest BCUT2D eigenvalue weighted by Crippen LogP contribution is 2.26. The summed E-state index contributed by atoms with van der Waals surface area (Å²) in [5.41, 5.74) is 0.759. The first-order valence-corrected chi connectivity index (χ1v) is 6.98. The summed E-state index contributed by atoms with van der Waals surface area (Å²) in [7, 11) is 0. The maximum absolute atomic E-state index is 11.9. The Morgan fingerprint density at radius 2 is 2.14 bits per heavy atom. The summed E-state index contributed by atoms with van der Waals surface area (Å²) in [5.74, 6) is 0.458. The number of carbonyl (C=O) groups is 1. The Hall–Kier alpha value is -2.37. The van der Waals surface area contributed by atoms with Crippen molar-refractivity contribution < 1.29 is 9.72 Å². The van der Waals surface area contributed by atoms with Crippen LogP contribution in [0.15, 0.2) is 30.5 Å². The van der Waals surface area contributed by atoms with E-state index in [0.29, 0.717) is 23.4 Å².